The molecule has 3 rings (SSSR count). The van der Waals surface area contributed by atoms with Crippen molar-refractivity contribution >= 4 is 5.91 Å². The van der Waals surface area contributed by atoms with Gasteiger partial charge in [-0.2, -0.15) is 0 Å². The van der Waals surface area contributed by atoms with Gasteiger partial charge in [0.25, 0.3) is 0 Å². The van der Waals surface area contributed by atoms with Crippen molar-refractivity contribution in [1.29, 1.82) is 0 Å². The molecule has 2 aromatic rings. The highest BCUT2D eigenvalue weighted by molar-refractivity contribution is 5.78. The van der Waals surface area contributed by atoms with Crippen molar-refractivity contribution in [2.45, 2.75) is 32.9 Å². The Morgan fingerprint density at radius 1 is 1.27 bits per heavy atom. The molecule has 1 atom stereocenters. The topological polar surface area (TPSA) is 54.5 Å². The first kappa shape index (κ1) is 18.4. The average molecular weight is 353 g/mol. The van der Waals surface area contributed by atoms with Crippen LogP contribution in [-0.4, -0.2) is 35.5 Å². The Morgan fingerprint density at radius 3 is 2.88 bits per heavy atom. The van der Waals surface area contributed by atoms with Gasteiger partial charge in [0, 0.05) is 31.0 Å². The minimum Gasteiger partial charge on any atom is -0.492 e. The molecule has 26 heavy (non-hydrogen) atoms. The summed E-state index contributed by atoms with van der Waals surface area (Å²) >= 11 is 0. The number of ether oxygens (including phenoxy) is 1. The fourth-order valence-electron chi connectivity index (χ4n) is 3.29. The number of carbonyl (C=O) groups is 1. The molecule has 5 heteroatoms. The number of aromatic nitrogens is 1. The van der Waals surface area contributed by atoms with E-state index in [9.17, 15) is 4.79 Å². The van der Waals surface area contributed by atoms with E-state index in [2.05, 4.69) is 35.1 Å². The van der Waals surface area contributed by atoms with E-state index in [-0.39, 0.29) is 11.9 Å². The fraction of sp³-hybridized carbons (Fsp3) is 0.429. The van der Waals surface area contributed by atoms with Crippen LogP contribution >= 0.6 is 0 Å². The quantitative estimate of drug-likeness (QED) is 0.867. The third-order valence-corrected chi connectivity index (χ3v) is 4.53. The van der Waals surface area contributed by atoms with Crippen molar-refractivity contribution in [3.05, 3.63) is 59.9 Å². The van der Waals surface area contributed by atoms with Crippen LogP contribution in [-0.2, 0) is 11.3 Å². The van der Waals surface area contributed by atoms with E-state index in [0.29, 0.717) is 19.1 Å². The van der Waals surface area contributed by atoms with Crippen LogP contribution in [0.4, 0.5) is 0 Å². The second kappa shape index (κ2) is 8.81. The molecule has 1 aliphatic heterocycles. The first-order valence-electron chi connectivity index (χ1n) is 9.24. The van der Waals surface area contributed by atoms with Crippen LogP contribution in [0.5, 0.6) is 5.75 Å². The summed E-state index contributed by atoms with van der Waals surface area (Å²) < 4.78 is 5.78. The highest BCUT2D eigenvalue weighted by Crippen LogP contribution is 2.23. The smallest absolute Gasteiger partial charge is 0.234 e. The van der Waals surface area contributed by atoms with Crippen LogP contribution in [0.25, 0.3) is 0 Å². The van der Waals surface area contributed by atoms with E-state index in [1.54, 1.807) is 6.20 Å². The molecule has 0 saturated heterocycles. The molecule has 0 bridgehead atoms. The summed E-state index contributed by atoms with van der Waals surface area (Å²) in [4.78, 5) is 19.0. The number of amides is 1. The van der Waals surface area contributed by atoms with E-state index in [4.69, 9.17) is 4.74 Å². The van der Waals surface area contributed by atoms with Gasteiger partial charge in [0.15, 0.2) is 0 Å². The molecule has 0 fully saturated rings. The van der Waals surface area contributed by atoms with Gasteiger partial charge in [0.2, 0.25) is 5.91 Å². The van der Waals surface area contributed by atoms with E-state index < -0.39 is 0 Å². The first-order chi connectivity index (χ1) is 12.6. The van der Waals surface area contributed by atoms with E-state index in [1.807, 2.05) is 36.5 Å². The van der Waals surface area contributed by atoms with Crippen LogP contribution in [0.2, 0.25) is 0 Å². The zero-order valence-electron chi connectivity index (χ0n) is 15.5. The molecule has 1 N–H and O–H groups in total. The standard InChI is InChI=1S/C21H27N3O2/c1-16(2)12-19(17-7-5-9-22-13-17)23-21(25)15-24-10-11-26-20-8-4-3-6-18(20)14-24/h3-9,13,16,19H,10-12,14-15H2,1-2H3,(H,23,25)/t19-/m1/s1. The molecule has 1 aromatic carbocycles. The van der Waals surface area contributed by atoms with Crippen molar-refractivity contribution in [3.8, 4) is 5.75 Å². The minimum absolute atomic E-state index is 0.00767. The van der Waals surface area contributed by atoms with Gasteiger partial charge in [0.05, 0.1) is 12.6 Å². The number of carbonyl (C=O) groups excluding carboxylic acids is 1. The number of benzene rings is 1. The number of hydrogen-bond acceptors (Lipinski definition) is 4. The first-order valence-corrected chi connectivity index (χ1v) is 9.24. The number of para-hydroxylation sites is 1. The molecule has 0 unspecified atom stereocenters. The predicted molar refractivity (Wildman–Crippen MR) is 102 cm³/mol. The summed E-state index contributed by atoms with van der Waals surface area (Å²) in [6.07, 6.45) is 4.49. The number of nitrogens with one attached hydrogen (secondary N) is 1. The molecule has 0 radical (unpaired) electrons. The molecular formula is C21H27N3O2. The second-order valence-electron chi connectivity index (χ2n) is 7.20. The summed E-state index contributed by atoms with van der Waals surface area (Å²) in [7, 11) is 0. The molecular weight excluding hydrogens is 326 g/mol. The highest BCUT2D eigenvalue weighted by Gasteiger charge is 2.20. The van der Waals surface area contributed by atoms with Crippen molar-refractivity contribution in [1.82, 2.24) is 15.2 Å². The van der Waals surface area contributed by atoms with E-state index >= 15 is 0 Å². The summed E-state index contributed by atoms with van der Waals surface area (Å²) in [6, 6.07) is 12.0. The summed E-state index contributed by atoms with van der Waals surface area (Å²) in [5.74, 6) is 1.45. The average Bonchev–Trinajstić information content (AvgIpc) is 2.83. The molecule has 0 aliphatic carbocycles. The predicted octanol–water partition coefficient (Wildman–Crippen LogP) is 3.18. The Labute approximate surface area is 155 Å². The maximum atomic E-state index is 12.7. The van der Waals surface area contributed by atoms with Crippen molar-refractivity contribution in [2.75, 3.05) is 19.7 Å². The number of nitrogens with zero attached hydrogens (tertiary/aromatic N) is 2. The molecule has 1 aromatic heterocycles. The molecule has 2 heterocycles. The Balaban J connectivity index is 1.63. The molecule has 1 amide bonds. The summed E-state index contributed by atoms with van der Waals surface area (Å²) in [6.45, 7) is 6.77. The van der Waals surface area contributed by atoms with Crippen LogP contribution in [0, 0.1) is 5.92 Å². The van der Waals surface area contributed by atoms with Crippen molar-refractivity contribution in [3.63, 3.8) is 0 Å². The van der Waals surface area contributed by atoms with Crippen LogP contribution in [0.15, 0.2) is 48.8 Å². The van der Waals surface area contributed by atoms with Crippen LogP contribution in [0.3, 0.4) is 0 Å². The molecule has 1 aliphatic rings. The molecule has 5 nitrogen and oxygen atoms in total. The minimum atomic E-state index is -0.00767. The Morgan fingerprint density at radius 2 is 2.12 bits per heavy atom. The third kappa shape index (κ3) is 5.05. The number of hydrogen-bond donors (Lipinski definition) is 1. The van der Waals surface area contributed by atoms with Gasteiger partial charge < -0.3 is 10.1 Å². The van der Waals surface area contributed by atoms with Gasteiger partial charge >= 0.3 is 0 Å². The van der Waals surface area contributed by atoms with Crippen molar-refractivity contribution in [2.24, 2.45) is 5.92 Å². The highest BCUT2D eigenvalue weighted by atomic mass is 16.5. The number of rotatable bonds is 6. The van der Waals surface area contributed by atoms with Gasteiger partial charge in [-0.25, -0.2) is 0 Å². The van der Waals surface area contributed by atoms with Crippen LogP contribution in [0.1, 0.15) is 37.4 Å². The van der Waals surface area contributed by atoms with Gasteiger partial charge in [-0.3, -0.25) is 14.7 Å². The maximum absolute atomic E-state index is 12.7. The number of fused-ring (bicyclic) bond motifs is 1. The molecule has 0 spiro atoms. The number of pyridine rings is 1. The SMILES string of the molecule is CC(C)C[C@@H](NC(=O)CN1CCOc2ccccc2C1)c1cccnc1. The monoisotopic (exact) mass is 353 g/mol. The van der Waals surface area contributed by atoms with Gasteiger partial charge in [-0.05, 0) is 30.0 Å². The zero-order valence-corrected chi connectivity index (χ0v) is 15.5. The molecule has 0 saturated carbocycles. The van der Waals surface area contributed by atoms with Crippen LogP contribution < -0.4 is 10.1 Å². The zero-order chi connectivity index (χ0) is 18.4. The third-order valence-electron chi connectivity index (χ3n) is 4.53. The normalized spacial score (nSPS) is 15.7. The molecule has 138 valence electrons. The van der Waals surface area contributed by atoms with E-state index in [1.165, 1.54) is 0 Å². The Bertz CT molecular complexity index is 718. The van der Waals surface area contributed by atoms with Gasteiger partial charge in [-0.15, -0.1) is 0 Å². The van der Waals surface area contributed by atoms with Gasteiger partial charge in [-0.1, -0.05) is 38.1 Å². The lowest BCUT2D eigenvalue weighted by Gasteiger charge is -2.24. The fourth-order valence-corrected chi connectivity index (χ4v) is 3.29. The summed E-state index contributed by atoms with van der Waals surface area (Å²) in [5.41, 5.74) is 2.18. The second-order valence-corrected chi connectivity index (χ2v) is 7.20. The van der Waals surface area contributed by atoms with Gasteiger partial charge in [0.1, 0.15) is 12.4 Å². The summed E-state index contributed by atoms with van der Waals surface area (Å²) in [5, 5.41) is 3.19. The largest absolute Gasteiger partial charge is 0.492 e. The van der Waals surface area contributed by atoms with Crippen molar-refractivity contribution < 1.29 is 9.53 Å². The Kier molecular flexibility index (Phi) is 6.23. The maximum Gasteiger partial charge on any atom is 0.234 e. The lowest BCUT2D eigenvalue weighted by Crippen LogP contribution is -2.39. The van der Waals surface area contributed by atoms with E-state index in [0.717, 1.165) is 36.4 Å². The lowest BCUT2D eigenvalue weighted by atomic mass is 9.98. The lowest BCUT2D eigenvalue weighted by molar-refractivity contribution is -0.123. The Hall–Kier alpha value is -2.40.